The molecular weight excluding hydrogens is 308 g/mol. The molecule has 0 aliphatic carbocycles. The van der Waals surface area contributed by atoms with Crippen LogP contribution in [0.1, 0.15) is 11.1 Å². The number of benzene rings is 1. The van der Waals surface area contributed by atoms with Crippen LogP contribution in [0.15, 0.2) is 36.4 Å². The van der Waals surface area contributed by atoms with Crippen LogP contribution in [0.3, 0.4) is 0 Å². The van der Waals surface area contributed by atoms with Crippen molar-refractivity contribution >= 4 is 23.1 Å². The van der Waals surface area contributed by atoms with Crippen LogP contribution in [-0.2, 0) is 6.54 Å². The normalized spacial score (nSPS) is 15.7. The van der Waals surface area contributed by atoms with E-state index >= 15 is 0 Å². The molecule has 1 aromatic heterocycles. The van der Waals surface area contributed by atoms with Crippen LogP contribution in [0.25, 0.3) is 0 Å². The maximum absolute atomic E-state index is 5.99. The predicted molar refractivity (Wildman–Crippen MR) is 97.5 cm³/mol. The molecule has 5 heteroatoms. The molecule has 0 saturated carbocycles. The third-order valence-electron chi connectivity index (χ3n) is 4.22. The molecule has 4 nitrogen and oxygen atoms in total. The Balaban J connectivity index is 1.59. The molecule has 0 bridgehead atoms. The lowest BCUT2D eigenvalue weighted by molar-refractivity contribution is 0.313. The van der Waals surface area contributed by atoms with Crippen molar-refractivity contribution in [2.45, 2.75) is 13.5 Å². The van der Waals surface area contributed by atoms with E-state index in [1.165, 1.54) is 11.3 Å². The van der Waals surface area contributed by atoms with Gasteiger partial charge in [-0.3, -0.25) is 0 Å². The second-order valence-electron chi connectivity index (χ2n) is 6.16. The maximum Gasteiger partial charge on any atom is 0.131 e. The zero-order valence-electron chi connectivity index (χ0n) is 13.7. The van der Waals surface area contributed by atoms with Gasteiger partial charge in [0, 0.05) is 38.4 Å². The first-order valence-corrected chi connectivity index (χ1v) is 8.38. The van der Waals surface area contributed by atoms with Crippen molar-refractivity contribution in [3.63, 3.8) is 0 Å². The van der Waals surface area contributed by atoms with E-state index < -0.39 is 0 Å². The minimum Gasteiger partial charge on any atom is -0.369 e. The van der Waals surface area contributed by atoms with E-state index in [0.29, 0.717) is 5.15 Å². The van der Waals surface area contributed by atoms with Crippen molar-refractivity contribution < 1.29 is 0 Å². The molecule has 0 unspecified atom stereocenters. The van der Waals surface area contributed by atoms with Gasteiger partial charge >= 0.3 is 0 Å². The van der Waals surface area contributed by atoms with E-state index in [1.54, 1.807) is 0 Å². The number of rotatable bonds is 4. The minimum atomic E-state index is 0.526. The summed E-state index contributed by atoms with van der Waals surface area (Å²) in [4.78, 5) is 9.10. The molecule has 1 fully saturated rings. The molecule has 0 atom stereocenters. The predicted octanol–water partition coefficient (Wildman–Crippen LogP) is 3.41. The molecule has 0 amide bonds. The van der Waals surface area contributed by atoms with E-state index in [4.69, 9.17) is 11.6 Å². The van der Waals surface area contributed by atoms with Gasteiger partial charge in [0.15, 0.2) is 0 Å². The Morgan fingerprint density at radius 2 is 1.78 bits per heavy atom. The average molecular weight is 331 g/mol. The van der Waals surface area contributed by atoms with Gasteiger partial charge in [-0.15, -0.1) is 0 Å². The Morgan fingerprint density at radius 1 is 1.09 bits per heavy atom. The summed E-state index contributed by atoms with van der Waals surface area (Å²) in [6.45, 7) is 7.21. The molecule has 2 aromatic rings. The number of piperazine rings is 1. The first kappa shape index (κ1) is 16.1. The fourth-order valence-corrected chi connectivity index (χ4v) is 3.06. The molecular formula is C18H23ClN4. The van der Waals surface area contributed by atoms with Crippen LogP contribution >= 0.6 is 11.6 Å². The van der Waals surface area contributed by atoms with E-state index in [1.807, 2.05) is 19.1 Å². The number of aryl methyl sites for hydroxylation is 1. The Hall–Kier alpha value is -1.78. The molecule has 23 heavy (non-hydrogen) atoms. The standard InChI is InChI=1S/C18H23ClN4/c1-14-11-17(19)21-18(12-14)20-13-15-3-5-16(6-4-15)23-9-7-22(2)8-10-23/h3-6,11-12H,7-10,13H2,1-2H3,(H,20,21). The van der Waals surface area contributed by atoms with Gasteiger partial charge in [-0.05, 0) is 49.4 Å². The number of aromatic nitrogens is 1. The van der Waals surface area contributed by atoms with Gasteiger partial charge in [-0.2, -0.15) is 0 Å². The molecule has 1 aliphatic rings. The summed E-state index contributed by atoms with van der Waals surface area (Å²) in [6.07, 6.45) is 0. The molecule has 1 N–H and O–H groups in total. The topological polar surface area (TPSA) is 31.4 Å². The van der Waals surface area contributed by atoms with Crippen LogP contribution in [0, 0.1) is 6.92 Å². The number of likely N-dealkylation sites (N-methyl/N-ethyl adjacent to an activating group) is 1. The summed E-state index contributed by atoms with van der Waals surface area (Å²) in [7, 11) is 2.18. The Kier molecular flexibility index (Phi) is 5.03. The monoisotopic (exact) mass is 330 g/mol. The van der Waals surface area contributed by atoms with E-state index in [2.05, 4.69) is 51.4 Å². The lowest BCUT2D eigenvalue weighted by Crippen LogP contribution is -2.44. The average Bonchev–Trinajstić information content (AvgIpc) is 2.53. The second-order valence-corrected chi connectivity index (χ2v) is 6.55. The van der Waals surface area contributed by atoms with Gasteiger partial charge in [-0.25, -0.2) is 4.98 Å². The van der Waals surface area contributed by atoms with Crippen LogP contribution in [0.4, 0.5) is 11.5 Å². The van der Waals surface area contributed by atoms with Gasteiger partial charge in [0.1, 0.15) is 11.0 Å². The van der Waals surface area contributed by atoms with Crippen LogP contribution in [0.5, 0.6) is 0 Å². The number of halogens is 1. The molecule has 0 spiro atoms. The van der Waals surface area contributed by atoms with Crippen LogP contribution < -0.4 is 10.2 Å². The van der Waals surface area contributed by atoms with Gasteiger partial charge in [0.05, 0.1) is 0 Å². The first-order chi connectivity index (χ1) is 11.1. The molecule has 1 aromatic carbocycles. The van der Waals surface area contributed by atoms with Crippen molar-refractivity contribution in [3.8, 4) is 0 Å². The fraction of sp³-hybridized carbons (Fsp3) is 0.389. The smallest absolute Gasteiger partial charge is 0.131 e. The molecule has 2 heterocycles. The lowest BCUT2D eigenvalue weighted by Gasteiger charge is -2.34. The summed E-state index contributed by atoms with van der Waals surface area (Å²) in [6, 6.07) is 12.6. The van der Waals surface area contributed by atoms with Crippen molar-refractivity contribution in [2.24, 2.45) is 0 Å². The second kappa shape index (κ2) is 7.20. The quantitative estimate of drug-likeness (QED) is 0.871. The number of anilines is 2. The maximum atomic E-state index is 5.99. The Bertz CT molecular complexity index is 628. The van der Waals surface area contributed by atoms with Crippen molar-refractivity contribution in [1.82, 2.24) is 9.88 Å². The molecule has 122 valence electrons. The number of hydrogen-bond donors (Lipinski definition) is 1. The number of nitrogens with one attached hydrogen (secondary N) is 1. The summed E-state index contributed by atoms with van der Waals surface area (Å²) in [5.74, 6) is 0.818. The van der Waals surface area contributed by atoms with Crippen LogP contribution in [0.2, 0.25) is 5.15 Å². The van der Waals surface area contributed by atoms with Gasteiger partial charge in [0.25, 0.3) is 0 Å². The third-order valence-corrected chi connectivity index (χ3v) is 4.41. The lowest BCUT2D eigenvalue weighted by atomic mass is 10.1. The zero-order valence-corrected chi connectivity index (χ0v) is 14.5. The molecule has 1 aliphatic heterocycles. The highest BCUT2D eigenvalue weighted by molar-refractivity contribution is 6.29. The highest BCUT2D eigenvalue weighted by atomic mass is 35.5. The molecule has 3 rings (SSSR count). The van der Waals surface area contributed by atoms with Crippen molar-refractivity contribution in [1.29, 1.82) is 0 Å². The summed E-state index contributed by atoms with van der Waals surface area (Å²) in [5, 5.41) is 3.86. The number of pyridine rings is 1. The first-order valence-electron chi connectivity index (χ1n) is 8.01. The Labute approximate surface area is 143 Å². The summed E-state index contributed by atoms with van der Waals surface area (Å²) >= 11 is 5.99. The molecule has 1 saturated heterocycles. The summed E-state index contributed by atoms with van der Waals surface area (Å²) < 4.78 is 0. The fourth-order valence-electron chi connectivity index (χ4n) is 2.80. The van der Waals surface area contributed by atoms with E-state index in [0.717, 1.165) is 44.1 Å². The van der Waals surface area contributed by atoms with Crippen molar-refractivity contribution in [2.75, 3.05) is 43.4 Å². The largest absolute Gasteiger partial charge is 0.369 e. The highest BCUT2D eigenvalue weighted by Crippen LogP contribution is 2.18. The summed E-state index contributed by atoms with van der Waals surface area (Å²) in [5.41, 5.74) is 3.65. The van der Waals surface area contributed by atoms with Crippen molar-refractivity contribution in [3.05, 3.63) is 52.7 Å². The number of nitrogens with zero attached hydrogens (tertiary/aromatic N) is 3. The number of hydrogen-bond acceptors (Lipinski definition) is 4. The molecule has 0 radical (unpaired) electrons. The van der Waals surface area contributed by atoms with Gasteiger partial charge in [-0.1, -0.05) is 23.7 Å². The van der Waals surface area contributed by atoms with E-state index in [-0.39, 0.29) is 0 Å². The van der Waals surface area contributed by atoms with Gasteiger partial charge in [0.2, 0.25) is 0 Å². The Morgan fingerprint density at radius 3 is 2.43 bits per heavy atom. The highest BCUT2D eigenvalue weighted by Gasteiger charge is 2.13. The zero-order chi connectivity index (χ0) is 16.2. The van der Waals surface area contributed by atoms with Crippen LogP contribution in [-0.4, -0.2) is 43.1 Å². The van der Waals surface area contributed by atoms with Gasteiger partial charge < -0.3 is 15.1 Å². The minimum absolute atomic E-state index is 0.526. The van der Waals surface area contributed by atoms with E-state index in [9.17, 15) is 0 Å². The third kappa shape index (κ3) is 4.36. The SMILES string of the molecule is Cc1cc(Cl)nc(NCc2ccc(N3CCN(C)CC3)cc2)c1.